The molecule has 2 aromatic carbocycles. The Balaban J connectivity index is 1.58. The van der Waals surface area contributed by atoms with Crippen LogP contribution in [0.4, 0.5) is 0 Å². The summed E-state index contributed by atoms with van der Waals surface area (Å²) in [6, 6.07) is 20.9. The van der Waals surface area contributed by atoms with E-state index >= 15 is 0 Å². The van der Waals surface area contributed by atoms with Crippen molar-refractivity contribution in [1.82, 2.24) is 19.9 Å². The third-order valence-electron chi connectivity index (χ3n) is 5.08. The summed E-state index contributed by atoms with van der Waals surface area (Å²) in [5, 5.41) is 3.50. The molecule has 162 valence electrons. The number of nitrogens with zero attached hydrogens (tertiary/aromatic N) is 3. The number of amides is 1. The topological polar surface area (TPSA) is 76.9 Å². The van der Waals surface area contributed by atoms with E-state index in [4.69, 9.17) is 4.98 Å². The normalized spacial score (nSPS) is 11.9. The summed E-state index contributed by atoms with van der Waals surface area (Å²) in [6.45, 7) is 4.30. The molecule has 0 aliphatic rings. The first-order valence-corrected chi connectivity index (χ1v) is 11.3. The molecule has 0 radical (unpaired) electrons. The lowest BCUT2D eigenvalue weighted by molar-refractivity contribution is -0.120. The van der Waals surface area contributed by atoms with Gasteiger partial charge >= 0.3 is 0 Å². The second-order valence-electron chi connectivity index (χ2n) is 7.53. The van der Waals surface area contributed by atoms with E-state index in [1.807, 2.05) is 62.4 Å². The van der Waals surface area contributed by atoms with E-state index in [2.05, 4.69) is 10.3 Å². The van der Waals surface area contributed by atoms with Crippen LogP contribution in [0, 0.1) is 6.92 Å². The van der Waals surface area contributed by atoms with Gasteiger partial charge in [-0.15, -0.1) is 0 Å². The monoisotopic (exact) mass is 444 g/mol. The standard InChI is InChI=1S/C25H24N4O2S/c1-17-12-13-22(27-16-17)29-24(31)20-10-6-7-11-21(20)28-25(29)32-18(2)23(30)26-15-14-19-8-4-3-5-9-19/h3-13,16,18H,14-15H2,1-2H3,(H,26,30). The fourth-order valence-electron chi connectivity index (χ4n) is 3.32. The smallest absolute Gasteiger partial charge is 0.267 e. The Morgan fingerprint density at radius 1 is 1.06 bits per heavy atom. The molecule has 1 amide bonds. The van der Waals surface area contributed by atoms with Gasteiger partial charge in [-0.25, -0.2) is 14.5 Å². The molecule has 1 N–H and O–H groups in total. The molecule has 0 fully saturated rings. The highest BCUT2D eigenvalue weighted by atomic mass is 32.2. The SMILES string of the molecule is Cc1ccc(-n2c(SC(C)C(=O)NCCc3ccccc3)nc3ccccc3c2=O)nc1. The third kappa shape index (κ3) is 4.89. The van der Waals surface area contributed by atoms with Gasteiger partial charge in [-0.1, -0.05) is 60.3 Å². The van der Waals surface area contributed by atoms with Gasteiger partial charge < -0.3 is 5.32 Å². The van der Waals surface area contributed by atoms with E-state index in [0.29, 0.717) is 28.4 Å². The van der Waals surface area contributed by atoms with Crippen LogP contribution in [0.2, 0.25) is 0 Å². The zero-order valence-corrected chi connectivity index (χ0v) is 18.8. The molecule has 4 aromatic rings. The van der Waals surface area contributed by atoms with Crippen molar-refractivity contribution >= 4 is 28.6 Å². The van der Waals surface area contributed by atoms with Gasteiger partial charge in [0.1, 0.15) is 5.82 Å². The zero-order valence-electron chi connectivity index (χ0n) is 18.0. The molecule has 6 nitrogen and oxygen atoms in total. The fourth-order valence-corrected chi connectivity index (χ4v) is 4.26. The molecule has 0 saturated heterocycles. The van der Waals surface area contributed by atoms with Crippen molar-refractivity contribution in [1.29, 1.82) is 0 Å². The Hall–Kier alpha value is -3.45. The maximum absolute atomic E-state index is 13.3. The van der Waals surface area contributed by atoms with Crippen molar-refractivity contribution in [3.8, 4) is 5.82 Å². The molecular weight excluding hydrogens is 420 g/mol. The van der Waals surface area contributed by atoms with Crippen molar-refractivity contribution < 1.29 is 4.79 Å². The molecule has 32 heavy (non-hydrogen) atoms. The molecule has 0 spiro atoms. The average Bonchev–Trinajstić information content (AvgIpc) is 2.81. The number of aromatic nitrogens is 3. The largest absolute Gasteiger partial charge is 0.355 e. The molecule has 0 aliphatic carbocycles. The Labute approximate surface area is 190 Å². The third-order valence-corrected chi connectivity index (χ3v) is 6.13. The summed E-state index contributed by atoms with van der Waals surface area (Å²) in [4.78, 5) is 35.1. The highest BCUT2D eigenvalue weighted by Crippen LogP contribution is 2.24. The lowest BCUT2D eigenvalue weighted by atomic mass is 10.1. The number of rotatable bonds is 7. The van der Waals surface area contributed by atoms with Gasteiger partial charge in [0, 0.05) is 12.7 Å². The zero-order chi connectivity index (χ0) is 22.5. The number of benzene rings is 2. The van der Waals surface area contributed by atoms with Gasteiger partial charge in [0.05, 0.1) is 16.2 Å². The second kappa shape index (κ2) is 9.78. The number of carbonyl (C=O) groups excluding carboxylic acids is 1. The molecular formula is C25H24N4O2S. The van der Waals surface area contributed by atoms with Crippen LogP contribution in [0.3, 0.4) is 0 Å². The highest BCUT2D eigenvalue weighted by Gasteiger charge is 2.20. The van der Waals surface area contributed by atoms with Crippen molar-refractivity contribution in [2.45, 2.75) is 30.7 Å². The highest BCUT2D eigenvalue weighted by molar-refractivity contribution is 8.00. The maximum atomic E-state index is 13.3. The van der Waals surface area contributed by atoms with Gasteiger partial charge in [-0.3, -0.25) is 9.59 Å². The summed E-state index contributed by atoms with van der Waals surface area (Å²) in [5.74, 6) is 0.384. The maximum Gasteiger partial charge on any atom is 0.267 e. The van der Waals surface area contributed by atoms with Gasteiger partial charge in [0.25, 0.3) is 5.56 Å². The number of thioether (sulfide) groups is 1. The number of hydrogen-bond acceptors (Lipinski definition) is 5. The van der Waals surface area contributed by atoms with E-state index < -0.39 is 5.25 Å². The summed E-state index contributed by atoms with van der Waals surface area (Å²) >= 11 is 1.25. The molecule has 7 heteroatoms. The molecule has 1 unspecified atom stereocenters. The van der Waals surface area contributed by atoms with Crippen LogP contribution >= 0.6 is 11.8 Å². The molecule has 2 heterocycles. The minimum Gasteiger partial charge on any atom is -0.355 e. The molecule has 4 rings (SSSR count). The van der Waals surface area contributed by atoms with Crippen molar-refractivity contribution in [2.24, 2.45) is 0 Å². The molecule has 2 aromatic heterocycles. The lowest BCUT2D eigenvalue weighted by Gasteiger charge is -2.16. The Kier molecular flexibility index (Phi) is 6.66. The van der Waals surface area contributed by atoms with Crippen LogP contribution in [-0.2, 0) is 11.2 Å². The van der Waals surface area contributed by atoms with Crippen molar-refractivity contribution in [3.63, 3.8) is 0 Å². The first kappa shape index (κ1) is 21.8. The predicted molar refractivity (Wildman–Crippen MR) is 128 cm³/mol. The van der Waals surface area contributed by atoms with Gasteiger partial charge in [-0.2, -0.15) is 0 Å². The quantitative estimate of drug-likeness (QED) is 0.345. The Morgan fingerprint density at radius 2 is 1.81 bits per heavy atom. The minimum atomic E-state index is -0.435. The predicted octanol–water partition coefficient (Wildman–Crippen LogP) is 3.93. The van der Waals surface area contributed by atoms with Crippen LogP contribution in [0.25, 0.3) is 16.7 Å². The van der Waals surface area contributed by atoms with Gasteiger partial charge in [0.15, 0.2) is 5.16 Å². The van der Waals surface area contributed by atoms with Crippen molar-refractivity contribution in [2.75, 3.05) is 6.54 Å². The number of carbonyl (C=O) groups is 1. The number of nitrogens with one attached hydrogen (secondary N) is 1. The van der Waals surface area contributed by atoms with E-state index in [9.17, 15) is 9.59 Å². The first-order valence-electron chi connectivity index (χ1n) is 10.5. The summed E-state index contributed by atoms with van der Waals surface area (Å²) in [6.07, 6.45) is 2.47. The number of fused-ring (bicyclic) bond motifs is 1. The summed E-state index contributed by atoms with van der Waals surface area (Å²) < 4.78 is 1.49. The molecule has 0 saturated carbocycles. The van der Waals surface area contributed by atoms with Crippen LogP contribution in [0.5, 0.6) is 0 Å². The van der Waals surface area contributed by atoms with Gasteiger partial charge in [0.2, 0.25) is 5.91 Å². The summed E-state index contributed by atoms with van der Waals surface area (Å²) in [7, 11) is 0. The van der Waals surface area contributed by atoms with Crippen LogP contribution < -0.4 is 10.9 Å². The van der Waals surface area contributed by atoms with Crippen LogP contribution in [0.1, 0.15) is 18.1 Å². The molecule has 1 atom stereocenters. The number of hydrogen-bond donors (Lipinski definition) is 1. The van der Waals surface area contributed by atoms with E-state index in [-0.39, 0.29) is 11.5 Å². The van der Waals surface area contributed by atoms with Crippen LogP contribution in [-0.4, -0.2) is 32.2 Å². The van der Waals surface area contributed by atoms with E-state index in [1.54, 1.807) is 24.4 Å². The summed E-state index contributed by atoms with van der Waals surface area (Å²) in [5.41, 5.74) is 2.56. The van der Waals surface area contributed by atoms with E-state index in [0.717, 1.165) is 12.0 Å². The van der Waals surface area contributed by atoms with Crippen molar-refractivity contribution in [3.05, 3.63) is 94.4 Å². The Bertz CT molecular complexity index is 1290. The first-order chi connectivity index (χ1) is 15.5. The fraction of sp³-hybridized carbons (Fsp3) is 0.200. The van der Waals surface area contributed by atoms with E-state index in [1.165, 1.54) is 21.9 Å². The average molecular weight is 445 g/mol. The lowest BCUT2D eigenvalue weighted by Crippen LogP contribution is -2.33. The van der Waals surface area contributed by atoms with Gasteiger partial charge in [-0.05, 0) is 49.6 Å². The Morgan fingerprint density at radius 3 is 2.56 bits per heavy atom. The number of pyridine rings is 1. The minimum absolute atomic E-state index is 0.100. The molecule has 0 aliphatic heterocycles. The molecule has 0 bridgehead atoms. The van der Waals surface area contributed by atoms with Crippen LogP contribution in [0.15, 0.2) is 82.9 Å². The second-order valence-corrected chi connectivity index (χ2v) is 8.84. The number of para-hydroxylation sites is 1. The number of aryl methyl sites for hydroxylation is 1.